The number of nitrogens with one attached hydrogen (secondary N) is 1. The van der Waals surface area contributed by atoms with Gasteiger partial charge in [0.15, 0.2) is 11.6 Å². The second-order valence-corrected chi connectivity index (χ2v) is 5.85. The van der Waals surface area contributed by atoms with E-state index in [1.54, 1.807) is 12.1 Å². The van der Waals surface area contributed by atoms with Gasteiger partial charge in [0.25, 0.3) is 0 Å². The first-order valence-electron chi connectivity index (χ1n) is 6.08. The van der Waals surface area contributed by atoms with Crippen molar-refractivity contribution in [3.05, 3.63) is 56.3 Å². The number of amidine groups is 1. The minimum atomic E-state index is -0.601. The summed E-state index contributed by atoms with van der Waals surface area (Å²) in [5.41, 5.74) is 7.29. The first kappa shape index (κ1) is 15.8. The number of hydrogen-bond donors (Lipinski definition) is 2. The van der Waals surface area contributed by atoms with Gasteiger partial charge in [0.2, 0.25) is 0 Å². The van der Waals surface area contributed by atoms with E-state index < -0.39 is 5.82 Å². The molecule has 0 heterocycles. The Labute approximate surface area is 135 Å². The molecule has 0 aromatic heterocycles. The molecule has 0 amide bonds. The highest BCUT2D eigenvalue weighted by Crippen LogP contribution is 2.35. The highest BCUT2D eigenvalue weighted by Gasteiger charge is 2.16. The van der Waals surface area contributed by atoms with Crippen LogP contribution >= 0.6 is 27.5 Å². The smallest absolute Gasteiger partial charge is 0.180 e. The average Bonchev–Trinajstić information content (AvgIpc) is 2.38. The molecule has 6 heteroatoms. The predicted octanol–water partition coefficient (Wildman–Crippen LogP) is 4.93. The van der Waals surface area contributed by atoms with Crippen LogP contribution < -0.4 is 10.5 Å². The van der Waals surface area contributed by atoms with Gasteiger partial charge in [-0.05, 0) is 65.2 Å². The number of rotatable bonds is 3. The van der Waals surface area contributed by atoms with E-state index in [0.717, 1.165) is 11.1 Å². The molecule has 0 aliphatic carbocycles. The van der Waals surface area contributed by atoms with Crippen molar-refractivity contribution in [1.82, 2.24) is 0 Å². The molecule has 21 heavy (non-hydrogen) atoms. The molecule has 0 saturated heterocycles. The van der Waals surface area contributed by atoms with Crippen LogP contribution in [0.2, 0.25) is 5.02 Å². The number of benzene rings is 2. The Hall–Kier alpha value is -1.59. The molecule has 0 unspecified atom stereocenters. The summed E-state index contributed by atoms with van der Waals surface area (Å²) in [6.45, 7) is 3.68. The van der Waals surface area contributed by atoms with Crippen LogP contribution in [0, 0.1) is 25.1 Å². The Morgan fingerprint density at radius 3 is 2.38 bits per heavy atom. The lowest BCUT2D eigenvalue weighted by Crippen LogP contribution is -2.12. The fourth-order valence-corrected chi connectivity index (χ4v) is 2.86. The van der Waals surface area contributed by atoms with Crippen molar-refractivity contribution in [2.45, 2.75) is 13.8 Å². The van der Waals surface area contributed by atoms with Crippen LogP contribution in [0.1, 0.15) is 16.7 Å². The Morgan fingerprint density at radius 1 is 1.29 bits per heavy atom. The van der Waals surface area contributed by atoms with E-state index in [-0.39, 0.29) is 21.6 Å². The van der Waals surface area contributed by atoms with Crippen LogP contribution in [0.25, 0.3) is 0 Å². The zero-order chi connectivity index (χ0) is 15.7. The molecule has 110 valence electrons. The van der Waals surface area contributed by atoms with Gasteiger partial charge < -0.3 is 10.5 Å². The van der Waals surface area contributed by atoms with E-state index in [2.05, 4.69) is 15.9 Å². The van der Waals surface area contributed by atoms with Gasteiger partial charge in [-0.2, -0.15) is 0 Å². The number of halogens is 3. The molecule has 0 radical (unpaired) electrons. The Bertz CT molecular complexity index is 711. The second-order valence-electron chi connectivity index (χ2n) is 4.62. The van der Waals surface area contributed by atoms with E-state index in [9.17, 15) is 4.39 Å². The minimum absolute atomic E-state index is 0.0559. The second kappa shape index (κ2) is 6.03. The number of nitrogen functional groups attached to an aromatic ring is 1. The van der Waals surface area contributed by atoms with Gasteiger partial charge in [-0.25, -0.2) is 4.39 Å². The summed E-state index contributed by atoms with van der Waals surface area (Å²) >= 11 is 9.06. The Balaban J connectivity index is 2.46. The maximum absolute atomic E-state index is 14.3. The zero-order valence-corrected chi connectivity index (χ0v) is 13.8. The highest BCUT2D eigenvalue weighted by molar-refractivity contribution is 9.10. The maximum Gasteiger partial charge on any atom is 0.180 e. The molecule has 0 fully saturated rings. The first-order valence-corrected chi connectivity index (χ1v) is 7.25. The van der Waals surface area contributed by atoms with Crippen LogP contribution in [0.3, 0.4) is 0 Å². The van der Waals surface area contributed by atoms with E-state index in [4.69, 9.17) is 27.5 Å². The summed E-state index contributed by atoms with van der Waals surface area (Å²) < 4.78 is 20.1. The highest BCUT2D eigenvalue weighted by atomic mass is 79.9. The molecule has 3 nitrogen and oxygen atoms in total. The van der Waals surface area contributed by atoms with Crippen LogP contribution in [0.15, 0.2) is 28.7 Å². The summed E-state index contributed by atoms with van der Waals surface area (Å²) in [7, 11) is 0. The molecule has 0 spiro atoms. The SMILES string of the molecule is Cc1cc(Cl)cc(C)c1Oc1ccc(C(=N)N)c(Br)c1F. The number of nitrogens with two attached hydrogens (primary N) is 1. The van der Waals surface area contributed by atoms with Crippen molar-refractivity contribution in [3.8, 4) is 11.5 Å². The van der Waals surface area contributed by atoms with Crippen molar-refractivity contribution in [3.63, 3.8) is 0 Å². The zero-order valence-electron chi connectivity index (χ0n) is 11.4. The number of ether oxygens (including phenoxy) is 1. The normalized spacial score (nSPS) is 10.5. The fourth-order valence-electron chi connectivity index (χ4n) is 1.99. The van der Waals surface area contributed by atoms with Gasteiger partial charge in [0, 0.05) is 10.6 Å². The third-order valence-electron chi connectivity index (χ3n) is 2.97. The maximum atomic E-state index is 14.3. The third kappa shape index (κ3) is 3.19. The molecule has 2 aromatic carbocycles. The van der Waals surface area contributed by atoms with Gasteiger partial charge in [-0.1, -0.05) is 11.6 Å². The van der Waals surface area contributed by atoms with Crippen molar-refractivity contribution in [2.75, 3.05) is 0 Å². The molecule has 0 aliphatic heterocycles. The molecule has 2 aromatic rings. The lowest BCUT2D eigenvalue weighted by molar-refractivity contribution is 0.435. The molecule has 0 bridgehead atoms. The molecule has 0 saturated carbocycles. The van der Waals surface area contributed by atoms with E-state index in [1.807, 2.05) is 13.8 Å². The van der Waals surface area contributed by atoms with Crippen molar-refractivity contribution < 1.29 is 9.13 Å². The summed E-state index contributed by atoms with van der Waals surface area (Å²) in [6.07, 6.45) is 0. The minimum Gasteiger partial charge on any atom is -0.454 e. The van der Waals surface area contributed by atoms with Crippen molar-refractivity contribution in [1.29, 1.82) is 5.41 Å². The molecule has 2 rings (SSSR count). The Kier molecular flexibility index (Phi) is 4.54. The van der Waals surface area contributed by atoms with E-state index in [1.165, 1.54) is 12.1 Å². The van der Waals surface area contributed by atoms with Gasteiger partial charge in [0.05, 0.1) is 4.47 Å². The summed E-state index contributed by atoms with van der Waals surface area (Å²) in [5.74, 6) is -0.205. The average molecular weight is 372 g/mol. The molecule has 0 aliphatic rings. The quantitative estimate of drug-likeness (QED) is 0.593. The lowest BCUT2D eigenvalue weighted by Gasteiger charge is -2.14. The largest absolute Gasteiger partial charge is 0.454 e. The Morgan fingerprint density at radius 2 is 1.86 bits per heavy atom. The molecule has 3 N–H and O–H groups in total. The lowest BCUT2D eigenvalue weighted by atomic mass is 10.1. The van der Waals surface area contributed by atoms with Crippen LogP contribution in [-0.4, -0.2) is 5.84 Å². The topological polar surface area (TPSA) is 59.1 Å². The van der Waals surface area contributed by atoms with Crippen LogP contribution in [0.5, 0.6) is 11.5 Å². The monoisotopic (exact) mass is 370 g/mol. The summed E-state index contributed by atoms with van der Waals surface area (Å²) in [6, 6.07) is 6.48. The van der Waals surface area contributed by atoms with Crippen LogP contribution in [0.4, 0.5) is 4.39 Å². The number of hydrogen-bond acceptors (Lipinski definition) is 2. The fraction of sp³-hybridized carbons (Fsp3) is 0.133. The standard InChI is InChI=1S/C15H13BrClFN2O/c1-7-5-9(17)6-8(2)14(7)21-11-4-3-10(15(19)20)12(16)13(11)18/h3-6H,1-2H3,(H3,19,20). The summed E-state index contributed by atoms with van der Waals surface area (Å²) in [4.78, 5) is 0. The summed E-state index contributed by atoms with van der Waals surface area (Å²) in [5, 5.41) is 7.98. The van der Waals surface area contributed by atoms with E-state index >= 15 is 0 Å². The van der Waals surface area contributed by atoms with Crippen LogP contribution in [-0.2, 0) is 0 Å². The number of aryl methyl sites for hydroxylation is 2. The molecular weight excluding hydrogens is 359 g/mol. The van der Waals surface area contributed by atoms with Crippen molar-refractivity contribution >= 4 is 33.4 Å². The van der Waals surface area contributed by atoms with E-state index in [0.29, 0.717) is 10.8 Å². The molecular formula is C15H13BrClFN2O. The van der Waals surface area contributed by atoms with Crippen molar-refractivity contribution in [2.24, 2.45) is 5.73 Å². The third-order valence-corrected chi connectivity index (χ3v) is 3.97. The van der Waals surface area contributed by atoms with Gasteiger partial charge in [-0.3, -0.25) is 5.41 Å². The van der Waals surface area contributed by atoms with Gasteiger partial charge >= 0.3 is 0 Å². The predicted molar refractivity (Wildman–Crippen MR) is 86.1 cm³/mol. The van der Waals surface area contributed by atoms with Gasteiger partial charge in [-0.15, -0.1) is 0 Å². The molecule has 0 atom stereocenters. The van der Waals surface area contributed by atoms with Gasteiger partial charge in [0.1, 0.15) is 11.6 Å². The first-order chi connectivity index (χ1) is 9.81.